The van der Waals surface area contributed by atoms with Crippen LogP contribution in [0.4, 0.5) is 5.69 Å². The van der Waals surface area contributed by atoms with Gasteiger partial charge in [-0.2, -0.15) is 0 Å². The van der Waals surface area contributed by atoms with Crippen LogP contribution in [0.1, 0.15) is 18.9 Å². The number of hydrogen-bond donors (Lipinski definition) is 0. The fraction of sp³-hybridized carbons (Fsp3) is 0.136. The zero-order valence-electron chi connectivity index (χ0n) is 15.3. The standard InChI is InChI=1S/C22H18N2O4/c1-2-22(25)28-17-10-11-19-18-8-3-4-9-20(18)23(21(19)13-17)14-15-6-5-7-16(12-15)24(26)27/h3-13H,2,14H2,1H3. The van der Waals surface area contributed by atoms with Gasteiger partial charge in [0.2, 0.25) is 0 Å². The summed E-state index contributed by atoms with van der Waals surface area (Å²) in [5.41, 5.74) is 2.82. The van der Waals surface area contributed by atoms with Crippen LogP contribution in [0.3, 0.4) is 0 Å². The number of nitro benzene ring substituents is 1. The maximum Gasteiger partial charge on any atom is 0.310 e. The summed E-state index contributed by atoms with van der Waals surface area (Å²) in [6, 6.07) is 20.2. The highest BCUT2D eigenvalue weighted by Crippen LogP contribution is 2.32. The molecule has 0 aliphatic rings. The first-order valence-corrected chi connectivity index (χ1v) is 9.02. The van der Waals surface area contributed by atoms with E-state index < -0.39 is 4.92 Å². The molecular weight excluding hydrogens is 356 g/mol. The number of fused-ring (bicyclic) bond motifs is 3. The molecule has 4 rings (SSSR count). The molecule has 28 heavy (non-hydrogen) atoms. The van der Waals surface area contributed by atoms with E-state index in [-0.39, 0.29) is 11.7 Å². The van der Waals surface area contributed by atoms with Crippen molar-refractivity contribution in [2.45, 2.75) is 19.9 Å². The van der Waals surface area contributed by atoms with Crippen LogP contribution < -0.4 is 4.74 Å². The first-order chi connectivity index (χ1) is 13.6. The molecular formula is C22H18N2O4. The molecule has 1 heterocycles. The van der Waals surface area contributed by atoms with Crippen LogP contribution in [0.5, 0.6) is 5.75 Å². The van der Waals surface area contributed by atoms with Crippen LogP contribution in [-0.2, 0) is 11.3 Å². The molecule has 0 unspecified atom stereocenters. The number of benzene rings is 3. The third kappa shape index (κ3) is 3.20. The fourth-order valence-corrected chi connectivity index (χ4v) is 3.42. The first-order valence-electron chi connectivity index (χ1n) is 9.02. The van der Waals surface area contributed by atoms with Gasteiger partial charge in [-0.05, 0) is 23.8 Å². The Morgan fingerprint density at radius 1 is 1.00 bits per heavy atom. The number of aromatic nitrogens is 1. The average molecular weight is 374 g/mol. The predicted molar refractivity (Wildman–Crippen MR) is 108 cm³/mol. The van der Waals surface area contributed by atoms with Gasteiger partial charge in [-0.25, -0.2) is 0 Å². The summed E-state index contributed by atoms with van der Waals surface area (Å²) in [7, 11) is 0. The lowest BCUT2D eigenvalue weighted by atomic mass is 10.1. The highest BCUT2D eigenvalue weighted by molar-refractivity contribution is 6.08. The summed E-state index contributed by atoms with van der Waals surface area (Å²) in [4.78, 5) is 22.4. The molecule has 0 aliphatic heterocycles. The number of rotatable bonds is 5. The van der Waals surface area contributed by atoms with Crippen molar-refractivity contribution >= 4 is 33.5 Å². The minimum atomic E-state index is -0.391. The molecule has 0 aliphatic carbocycles. The molecule has 0 saturated heterocycles. The van der Waals surface area contributed by atoms with E-state index in [1.807, 2.05) is 42.5 Å². The Bertz CT molecular complexity index is 1210. The summed E-state index contributed by atoms with van der Waals surface area (Å²) in [5.74, 6) is 0.197. The summed E-state index contributed by atoms with van der Waals surface area (Å²) in [6.45, 7) is 2.22. The van der Waals surface area contributed by atoms with Crippen molar-refractivity contribution in [3.05, 3.63) is 82.4 Å². The lowest BCUT2D eigenvalue weighted by Gasteiger charge is -2.09. The lowest BCUT2D eigenvalue weighted by molar-refractivity contribution is -0.384. The topological polar surface area (TPSA) is 74.4 Å². The number of non-ortho nitro benzene ring substituents is 1. The molecule has 3 aromatic carbocycles. The van der Waals surface area contributed by atoms with Crippen LogP contribution in [0.2, 0.25) is 0 Å². The monoisotopic (exact) mass is 374 g/mol. The van der Waals surface area contributed by atoms with E-state index in [0.717, 1.165) is 27.4 Å². The van der Waals surface area contributed by atoms with Gasteiger partial charge in [-0.15, -0.1) is 0 Å². The molecule has 4 aromatic rings. The van der Waals surface area contributed by atoms with Gasteiger partial charge in [0.25, 0.3) is 5.69 Å². The molecule has 0 atom stereocenters. The third-order valence-corrected chi connectivity index (χ3v) is 4.73. The molecule has 0 radical (unpaired) electrons. The predicted octanol–water partition coefficient (Wildman–Crippen LogP) is 5.07. The van der Waals surface area contributed by atoms with Crippen molar-refractivity contribution in [2.24, 2.45) is 0 Å². The number of carbonyl (C=O) groups excluding carboxylic acids is 1. The average Bonchev–Trinajstić information content (AvgIpc) is 3.01. The van der Waals surface area contributed by atoms with Gasteiger partial charge in [-0.1, -0.05) is 37.3 Å². The maximum absolute atomic E-state index is 11.7. The van der Waals surface area contributed by atoms with Crippen LogP contribution in [-0.4, -0.2) is 15.5 Å². The highest BCUT2D eigenvalue weighted by Gasteiger charge is 2.14. The second kappa shape index (κ2) is 7.15. The SMILES string of the molecule is CCC(=O)Oc1ccc2c3ccccc3n(Cc3cccc([N+](=O)[O-])c3)c2c1. The largest absolute Gasteiger partial charge is 0.426 e. The lowest BCUT2D eigenvalue weighted by Crippen LogP contribution is -2.05. The molecule has 6 nitrogen and oxygen atoms in total. The normalized spacial score (nSPS) is 11.0. The molecule has 0 N–H and O–H groups in total. The quantitative estimate of drug-likeness (QED) is 0.212. The van der Waals surface area contributed by atoms with Gasteiger partial charge in [0.05, 0.1) is 10.4 Å². The highest BCUT2D eigenvalue weighted by atomic mass is 16.6. The second-order valence-electron chi connectivity index (χ2n) is 6.54. The second-order valence-corrected chi connectivity index (χ2v) is 6.54. The van der Waals surface area contributed by atoms with Gasteiger partial charge < -0.3 is 9.30 Å². The summed E-state index contributed by atoms with van der Waals surface area (Å²) in [6.07, 6.45) is 0.300. The van der Waals surface area contributed by atoms with Gasteiger partial charge in [0, 0.05) is 47.5 Å². The van der Waals surface area contributed by atoms with Crippen LogP contribution in [0.15, 0.2) is 66.7 Å². The Balaban J connectivity index is 1.86. The molecule has 0 fully saturated rings. The Hall–Kier alpha value is -3.67. The minimum Gasteiger partial charge on any atom is -0.426 e. The van der Waals surface area contributed by atoms with E-state index in [4.69, 9.17) is 4.74 Å². The van der Waals surface area contributed by atoms with Crippen molar-refractivity contribution < 1.29 is 14.5 Å². The molecule has 0 amide bonds. The van der Waals surface area contributed by atoms with E-state index in [1.165, 1.54) is 6.07 Å². The van der Waals surface area contributed by atoms with Gasteiger partial charge in [0.1, 0.15) is 5.75 Å². The Kier molecular flexibility index (Phi) is 4.53. The van der Waals surface area contributed by atoms with Crippen LogP contribution in [0.25, 0.3) is 21.8 Å². The van der Waals surface area contributed by atoms with E-state index in [9.17, 15) is 14.9 Å². The summed E-state index contributed by atoms with van der Waals surface area (Å²) in [5, 5.41) is 13.2. The summed E-state index contributed by atoms with van der Waals surface area (Å²) < 4.78 is 7.47. The number of carbonyl (C=O) groups is 1. The molecule has 0 bridgehead atoms. The molecule has 6 heteroatoms. The Labute approximate surface area is 161 Å². The van der Waals surface area contributed by atoms with E-state index in [1.54, 1.807) is 25.1 Å². The number of para-hydroxylation sites is 1. The number of nitrogens with zero attached hydrogens (tertiary/aromatic N) is 2. The van der Waals surface area contributed by atoms with Crippen molar-refractivity contribution in [3.63, 3.8) is 0 Å². The Morgan fingerprint density at radius 2 is 1.79 bits per heavy atom. The minimum absolute atomic E-state index is 0.0656. The number of hydrogen-bond acceptors (Lipinski definition) is 4. The van der Waals surface area contributed by atoms with E-state index >= 15 is 0 Å². The van der Waals surface area contributed by atoms with Crippen LogP contribution >= 0.6 is 0 Å². The van der Waals surface area contributed by atoms with Crippen molar-refractivity contribution in [1.29, 1.82) is 0 Å². The smallest absolute Gasteiger partial charge is 0.310 e. The van der Waals surface area contributed by atoms with Gasteiger partial charge in [0.15, 0.2) is 0 Å². The zero-order chi connectivity index (χ0) is 19.7. The molecule has 0 spiro atoms. The molecule has 1 aromatic heterocycles. The fourth-order valence-electron chi connectivity index (χ4n) is 3.42. The van der Waals surface area contributed by atoms with Crippen molar-refractivity contribution in [2.75, 3.05) is 0 Å². The molecule has 0 saturated carbocycles. The summed E-state index contributed by atoms with van der Waals surface area (Å²) >= 11 is 0. The van der Waals surface area contributed by atoms with E-state index in [0.29, 0.717) is 18.7 Å². The Morgan fingerprint density at radius 3 is 2.57 bits per heavy atom. The molecule has 140 valence electrons. The zero-order valence-corrected chi connectivity index (χ0v) is 15.3. The van der Waals surface area contributed by atoms with Crippen LogP contribution in [0, 0.1) is 10.1 Å². The third-order valence-electron chi connectivity index (χ3n) is 4.73. The van der Waals surface area contributed by atoms with Crippen molar-refractivity contribution in [3.8, 4) is 5.75 Å². The number of ether oxygens (including phenoxy) is 1. The number of esters is 1. The van der Waals surface area contributed by atoms with Gasteiger partial charge in [-0.3, -0.25) is 14.9 Å². The maximum atomic E-state index is 11.7. The first kappa shape index (κ1) is 17.7. The van der Waals surface area contributed by atoms with E-state index in [2.05, 4.69) is 4.57 Å². The van der Waals surface area contributed by atoms with Gasteiger partial charge >= 0.3 is 5.97 Å². The number of nitro groups is 1. The van der Waals surface area contributed by atoms with Crippen molar-refractivity contribution in [1.82, 2.24) is 4.57 Å².